The molecule has 0 spiro atoms. The van der Waals surface area contributed by atoms with E-state index in [2.05, 4.69) is 21.8 Å². The minimum absolute atomic E-state index is 0.0136. The quantitative estimate of drug-likeness (QED) is 0.754. The van der Waals surface area contributed by atoms with Crippen LogP contribution in [0.2, 0.25) is 0 Å². The first kappa shape index (κ1) is 9.27. The van der Waals surface area contributed by atoms with E-state index in [0.717, 1.165) is 11.3 Å². The van der Waals surface area contributed by atoms with E-state index in [1.807, 2.05) is 0 Å². The highest BCUT2D eigenvalue weighted by Crippen LogP contribution is 2.21. The SMILES string of the molecule is O=C(Nc1nncs1)C(F)(F)Cl. The van der Waals surface area contributed by atoms with Crippen molar-refractivity contribution in [2.24, 2.45) is 0 Å². The summed E-state index contributed by atoms with van der Waals surface area (Å²) in [5, 5.41) is 4.50. The summed E-state index contributed by atoms with van der Waals surface area (Å²) in [6.07, 6.45) is 0. The topological polar surface area (TPSA) is 54.9 Å². The summed E-state index contributed by atoms with van der Waals surface area (Å²) < 4.78 is 24.0. The van der Waals surface area contributed by atoms with Gasteiger partial charge in [0.05, 0.1) is 0 Å². The van der Waals surface area contributed by atoms with Crippen molar-refractivity contribution in [3.8, 4) is 0 Å². The molecule has 8 heteroatoms. The third kappa shape index (κ3) is 2.35. The molecule has 12 heavy (non-hydrogen) atoms. The van der Waals surface area contributed by atoms with Crippen molar-refractivity contribution in [2.75, 3.05) is 5.32 Å². The fourth-order valence-electron chi connectivity index (χ4n) is 0.396. The molecule has 0 fully saturated rings. The van der Waals surface area contributed by atoms with Crippen LogP contribution in [0.25, 0.3) is 0 Å². The van der Waals surface area contributed by atoms with Crippen LogP contribution in [-0.4, -0.2) is 21.5 Å². The highest BCUT2D eigenvalue weighted by molar-refractivity contribution is 7.13. The van der Waals surface area contributed by atoms with Crippen molar-refractivity contribution in [3.05, 3.63) is 5.51 Å². The molecule has 0 unspecified atom stereocenters. The number of rotatable bonds is 2. The number of anilines is 1. The lowest BCUT2D eigenvalue weighted by Crippen LogP contribution is -2.28. The van der Waals surface area contributed by atoms with Gasteiger partial charge < -0.3 is 0 Å². The van der Waals surface area contributed by atoms with Crippen LogP contribution in [0.5, 0.6) is 0 Å². The molecule has 0 bridgehead atoms. The third-order valence-electron chi connectivity index (χ3n) is 0.838. The number of amides is 1. The molecule has 0 aromatic carbocycles. The second-order valence-electron chi connectivity index (χ2n) is 1.70. The van der Waals surface area contributed by atoms with E-state index in [-0.39, 0.29) is 5.13 Å². The maximum absolute atomic E-state index is 12.0. The zero-order valence-electron chi connectivity index (χ0n) is 5.42. The van der Waals surface area contributed by atoms with Crippen LogP contribution in [-0.2, 0) is 4.79 Å². The van der Waals surface area contributed by atoms with Crippen LogP contribution in [0, 0.1) is 0 Å². The Hall–Kier alpha value is -0.820. The number of alkyl halides is 3. The van der Waals surface area contributed by atoms with Gasteiger partial charge >= 0.3 is 11.3 Å². The molecule has 1 rings (SSSR count). The Balaban J connectivity index is 2.60. The number of carbonyl (C=O) groups is 1. The van der Waals surface area contributed by atoms with Gasteiger partial charge in [-0.2, -0.15) is 8.78 Å². The molecule has 1 aromatic heterocycles. The molecule has 4 nitrogen and oxygen atoms in total. The minimum atomic E-state index is -3.91. The first-order valence-corrected chi connectivity index (χ1v) is 3.90. The van der Waals surface area contributed by atoms with Crippen LogP contribution < -0.4 is 5.32 Å². The summed E-state index contributed by atoms with van der Waals surface area (Å²) in [4.78, 5) is 10.5. The summed E-state index contributed by atoms with van der Waals surface area (Å²) in [5.41, 5.74) is 1.29. The van der Waals surface area contributed by atoms with Crippen molar-refractivity contribution in [1.82, 2.24) is 10.2 Å². The second-order valence-corrected chi connectivity index (χ2v) is 3.00. The van der Waals surface area contributed by atoms with Crippen LogP contribution in [0.1, 0.15) is 0 Å². The first-order valence-electron chi connectivity index (χ1n) is 2.64. The van der Waals surface area contributed by atoms with E-state index in [0.29, 0.717) is 0 Å². The van der Waals surface area contributed by atoms with Gasteiger partial charge in [0.25, 0.3) is 0 Å². The summed E-state index contributed by atoms with van der Waals surface area (Å²) >= 11 is 5.33. The number of nitrogens with one attached hydrogen (secondary N) is 1. The molecule has 0 aliphatic carbocycles. The molecule has 1 aromatic rings. The lowest BCUT2D eigenvalue weighted by Gasteiger charge is -2.04. The van der Waals surface area contributed by atoms with E-state index >= 15 is 0 Å². The zero-order chi connectivity index (χ0) is 9.19. The van der Waals surface area contributed by atoms with E-state index in [4.69, 9.17) is 0 Å². The molecule has 0 aliphatic heterocycles. The van der Waals surface area contributed by atoms with Crippen molar-refractivity contribution >= 4 is 34.0 Å². The highest BCUT2D eigenvalue weighted by atomic mass is 35.5. The summed E-state index contributed by atoms with van der Waals surface area (Å²) in [6.45, 7) is 0. The molecule has 1 amide bonds. The summed E-state index contributed by atoms with van der Waals surface area (Å²) in [5.74, 6) is -1.61. The first-order chi connectivity index (χ1) is 5.50. The number of carbonyl (C=O) groups excluding carboxylic acids is 1. The molecule has 1 N–H and O–H groups in total. The van der Waals surface area contributed by atoms with Gasteiger partial charge in [0.1, 0.15) is 5.51 Å². The lowest BCUT2D eigenvalue weighted by molar-refractivity contribution is -0.130. The maximum atomic E-state index is 12.0. The molecule has 0 radical (unpaired) electrons. The average Bonchev–Trinajstić information content (AvgIpc) is 2.37. The number of hydrogen-bond acceptors (Lipinski definition) is 4. The van der Waals surface area contributed by atoms with Gasteiger partial charge in [-0.1, -0.05) is 11.3 Å². The van der Waals surface area contributed by atoms with Crippen molar-refractivity contribution in [3.63, 3.8) is 0 Å². The van der Waals surface area contributed by atoms with Crippen LogP contribution in [0.15, 0.2) is 5.51 Å². The fraction of sp³-hybridized carbons (Fsp3) is 0.250. The number of halogens is 3. The summed E-state index contributed by atoms with van der Waals surface area (Å²) in [6, 6.07) is 0. The Morgan fingerprint density at radius 1 is 1.75 bits per heavy atom. The molecular weight excluding hydrogens is 212 g/mol. The predicted octanol–water partition coefficient (Wildman–Crippen LogP) is 1.31. The zero-order valence-corrected chi connectivity index (χ0v) is 6.99. The van der Waals surface area contributed by atoms with Gasteiger partial charge in [-0.15, -0.1) is 10.2 Å². The van der Waals surface area contributed by atoms with E-state index < -0.39 is 11.3 Å². The number of nitrogens with zero attached hydrogens (tertiary/aromatic N) is 2. The van der Waals surface area contributed by atoms with Gasteiger partial charge in [0.2, 0.25) is 5.13 Å². The second kappa shape index (κ2) is 3.28. The molecular formula is C4H2ClF2N3OS. The van der Waals surface area contributed by atoms with Crippen molar-refractivity contribution < 1.29 is 13.6 Å². The number of aromatic nitrogens is 2. The van der Waals surface area contributed by atoms with E-state index in [1.54, 1.807) is 5.32 Å². The molecule has 1 heterocycles. The molecule has 0 saturated heterocycles. The maximum Gasteiger partial charge on any atom is 0.400 e. The monoisotopic (exact) mass is 213 g/mol. The largest absolute Gasteiger partial charge is 0.400 e. The standard InChI is InChI=1S/C4H2ClF2N3OS/c5-4(6,7)2(11)9-3-10-8-1-12-3/h1H,(H,9,10,11). The van der Waals surface area contributed by atoms with Crippen LogP contribution in [0.3, 0.4) is 0 Å². The van der Waals surface area contributed by atoms with Crippen molar-refractivity contribution in [2.45, 2.75) is 5.38 Å². The molecule has 0 aliphatic rings. The Morgan fingerprint density at radius 2 is 2.42 bits per heavy atom. The average molecular weight is 214 g/mol. The van der Waals surface area contributed by atoms with Crippen LogP contribution in [0.4, 0.5) is 13.9 Å². The van der Waals surface area contributed by atoms with Crippen molar-refractivity contribution in [1.29, 1.82) is 0 Å². The predicted molar refractivity (Wildman–Crippen MR) is 39.3 cm³/mol. The minimum Gasteiger partial charge on any atom is -0.294 e. The smallest absolute Gasteiger partial charge is 0.294 e. The Bertz CT molecular complexity index is 272. The van der Waals surface area contributed by atoms with E-state index in [9.17, 15) is 13.6 Å². The third-order valence-corrected chi connectivity index (χ3v) is 1.62. The van der Waals surface area contributed by atoms with Gasteiger partial charge in [-0.25, -0.2) is 0 Å². The lowest BCUT2D eigenvalue weighted by atomic mass is 10.6. The molecule has 0 saturated carbocycles. The Morgan fingerprint density at radius 3 is 2.83 bits per heavy atom. The van der Waals surface area contributed by atoms with Gasteiger partial charge in [0.15, 0.2) is 0 Å². The van der Waals surface area contributed by atoms with E-state index in [1.165, 1.54) is 5.51 Å². The Kier molecular flexibility index (Phi) is 2.53. The fourth-order valence-corrected chi connectivity index (χ4v) is 0.883. The normalized spacial score (nSPS) is 11.2. The van der Waals surface area contributed by atoms with Gasteiger partial charge in [-0.05, 0) is 11.6 Å². The Labute approximate surface area is 74.6 Å². The van der Waals surface area contributed by atoms with Crippen LogP contribution >= 0.6 is 22.9 Å². The van der Waals surface area contributed by atoms with Gasteiger partial charge in [-0.3, -0.25) is 10.1 Å². The molecule has 66 valence electrons. The van der Waals surface area contributed by atoms with Gasteiger partial charge in [0, 0.05) is 0 Å². The summed E-state index contributed by atoms with van der Waals surface area (Å²) in [7, 11) is 0. The highest BCUT2D eigenvalue weighted by Gasteiger charge is 2.36. The molecule has 0 atom stereocenters. The number of hydrogen-bond donors (Lipinski definition) is 1.